The molecule has 0 saturated heterocycles. The Morgan fingerprint density at radius 3 is 2.71 bits per heavy atom. The monoisotopic (exact) mass is 373 g/mol. The first-order valence-electron chi connectivity index (χ1n) is 7.39. The summed E-state index contributed by atoms with van der Waals surface area (Å²) in [6, 6.07) is 5.32. The average Bonchev–Trinajstić information content (AvgIpc) is 3.00. The van der Waals surface area contributed by atoms with Crippen molar-refractivity contribution in [3.8, 4) is 5.75 Å². The zero-order valence-corrected chi connectivity index (χ0v) is 15.1. The van der Waals surface area contributed by atoms with Crippen LogP contribution in [0.5, 0.6) is 5.75 Å². The molecule has 1 heterocycles. The average molecular weight is 373 g/mol. The minimum absolute atomic E-state index is 0.000837. The van der Waals surface area contributed by atoms with E-state index in [4.69, 9.17) is 4.74 Å². The van der Waals surface area contributed by atoms with Crippen molar-refractivity contribution in [1.29, 1.82) is 0 Å². The molecule has 132 valence electrons. The molecule has 0 amide bonds. The zero-order chi connectivity index (χ0) is 17.8. The maximum absolute atomic E-state index is 13.8. The molecule has 24 heavy (non-hydrogen) atoms. The van der Waals surface area contributed by atoms with Crippen molar-refractivity contribution in [1.82, 2.24) is 4.72 Å². The van der Waals surface area contributed by atoms with Crippen LogP contribution in [0.15, 0.2) is 39.9 Å². The van der Waals surface area contributed by atoms with Crippen LogP contribution in [0.3, 0.4) is 0 Å². The standard InChI is InChI=1S/C16H20FNO4S2/c1-3-22-15-5-4-13(8-14(15)17)24(20,21)18-11-16(2,19)9-12-6-7-23-10-12/h4-8,10,18-19H,3,9,11H2,1-2H3. The second-order valence-electron chi connectivity index (χ2n) is 5.66. The van der Waals surface area contributed by atoms with Gasteiger partial charge in [-0.05, 0) is 54.4 Å². The van der Waals surface area contributed by atoms with Crippen molar-refractivity contribution in [2.45, 2.75) is 30.8 Å². The lowest BCUT2D eigenvalue weighted by atomic mass is 9.99. The second-order valence-corrected chi connectivity index (χ2v) is 8.20. The van der Waals surface area contributed by atoms with Crippen molar-refractivity contribution in [3.63, 3.8) is 0 Å². The van der Waals surface area contributed by atoms with Gasteiger partial charge in [0.1, 0.15) is 0 Å². The summed E-state index contributed by atoms with van der Waals surface area (Å²) in [5.74, 6) is -0.745. The van der Waals surface area contributed by atoms with E-state index in [1.807, 2.05) is 16.8 Å². The maximum Gasteiger partial charge on any atom is 0.240 e. The molecule has 0 bridgehead atoms. The fourth-order valence-electron chi connectivity index (χ4n) is 2.15. The van der Waals surface area contributed by atoms with Gasteiger partial charge < -0.3 is 9.84 Å². The van der Waals surface area contributed by atoms with Crippen LogP contribution in [0.25, 0.3) is 0 Å². The van der Waals surface area contributed by atoms with E-state index in [9.17, 15) is 17.9 Å². The molecular formula is C16H20FNO4S2. The van der Waals surface area contributed by atoms with Gasteiger partial charge in [0, 0.05) is 13.0 Å². The molecular weight excluding hydrogens is 353 g/mol. The number of benzene rings is 1. The van der Waals surface area contributed by atoms with E-state index in [0.29, 0.717) is 6.42 Å². The number of thiophene rings is 1. The van der Waals surface area contributed by atoms with Crippen LogP contribution in [0, 0.1) is 5.82 Å². The van der Waals surface area contributed by atoms with Crippen molar-refractivity contribution < 1.29 is 22.7 Å². The molecule has 1 aromatic heterocycles. The van der Waals surface area contributed by atoms with Crippen molar-refractivity contribution in [3.05, 3.63) is 46.4 Å². The van der Waals surface area contributed by atoms with Crippen LogP contribution >= 0.6 is 11.3 Å². The highest BCUT2D eigenvalue weighted by molar-refractivity contribution is 7.89. The molecule has 0 radical (unpaired) electrons. The minimum atomic E-state index is -3.93. The molecule has 2 aromatic rings. The molecule has 8 heteroatoms. The molecule has 1 aromatic carbocycles. The Balaban J connectivity index is 2.06. The lowest BCUT2D eigenvalue weighted by Gasteiger charge is -2.23. The molecule has 2 rings (SSSR count). The van der Waals surface area contributed by atoms with Gasteiger partial charge in [0.05, 0.1) is 17.1 Å². The Morgan fingerprint density at radius 2 is 2.12 bits per heavy atom. The number of sulfonamides is 1. The molecule has 2 N–H and O–H groups in total. The van der Waals surface area contributed by atoms with Crippen molar-refractivity contribution >= 4 is 21.4 Å². The van der Waals surface area contributed by atoms with E-state index in [0.717, 1.165) is 11.6 Å². The van der Waals surface area contributed by atoms with Crippen molar-refractivity contribution in [2.75, 3.05) is 13.2 Å². The van der Waals surface area contributed by atoms with Crippen LogP contribution in [-0.2, 0) is 16.4 Å². The molecule has 0 aliphatic heterocycles. The molecule has 5 nitrogen and oxygen atoms in total. The summed E-state index contributed by atoms with van der Waals surface area (Å²) in [7, 11) is -3.93. The maximum atomic E-state index is 13.8. The van der Waals surface area contributed by atoms with Gasteiger partial charge in [-0.25, -0.2) is 17.5 Å². The summed E-state index contributed by atoms with van der Waals surface area (Å²) in [6.07, 6.45) is 0.316. The summed E-state index contributed by atoms with van der Waals surface area (Å²) in [6.45, 7) is 3.36. The van der Waals surface area contributed by atoms with Gasteiger partial charge in [-0.1, -0.05) is 0 Å². The number of ether oxygens (including phenoxy) is 1. The van der Waals surface area contributed by atoms with Gasteiger partial charge in [0.25, 0.3) is 0 Å². The topological polar surface area (TPSA) is 75.6 Å². The van der Waals surface area contributed by atoms with Gasteiger partial charge in [-0.3, -0.25) is 0 Å². The lowest BCUT2D eigenvalue weighted by Crippen LogP contribution is -2.42. The number of halogens is 1. The quantitative estimate of drug-likeness (QED) is 0.746. The Bertz CT molecular complexity index is 773. The Labute approximate surface area is 145 Å². The van der Waals surface area contributed by atoms with Crippen LogP contribution in [-0.4, -0.2) is 32.3 Å². The lowest BCUT2D eigenvalue weighted by molar-refractivity contribution is 0.0658. The highest BCUT2D eigenvalue weighted by Gasteiger charge is 2.25. The normalized spacial score (nSPS) is 14.3. The van der Waals surface area contributed by atoms with Gasteiger partial charge in [0.2, 0.25) is 10.0 Å². The first kappa shape index (κ1) is 18.9. The van der Waals surface area contributed by atoms with E-state index in [-0.39, 0.29) is 23.8 Å². The Hall–Kier alpha value is -1.48. The minimum Gasteiger partial charge on any atom is -0.491 e. The zero-order valence-electron chi connectivity index (χ0n) is 13.5. The van der Waals surface area contributed by atoms with Crippen LogP contribution in [0.1, 0.15) is 19.4 Å². The number of nitrogens with one attached hydrogen (secondary N) is 1. The van der Waals surface area contributed by atoms with E-state index >= 15 is 0 Å². The summed E-state index contributed by atoms with van der Waals surface area (Å²) >= 11 is 1.50. The molecule has 0 spiro atoms. The fourth-order valence-corrected chi connectivity index (χ4v) is 3.99. The predicted octanol–water partition coefficient (Wildman–Crippen LogP) is 2.56. The first-order valence-corrected chi connectivity index (χ1v) is 9.81. The largest absolute Gasteiger partial charge is 0.491 e. The highest BCUT2D eigenvalue weighted by atomic mass is 32.2. The number of hydrogen-bond donors (Lipinski definition) is 2. The summed E-state index contributed by atoms with van der Waals surface area (Å²) in [5.41, 5.74) is -0.325. The summed E-state index contributed by atoms with van der Waals surface area (Å²) < 4.78 is 45.8. The van der Waals surface area contributed by atoms with E-state index in [1.54, 1.807) is 13.8 Å². The molecule has 1 atom stereocenters. The van der Waals surface area contributed by atoms with E-state index in [2.05, 4.69) is 4.72 Å². The molecule has 0 fully saturated rings. The van der Waals surface area contributed by atoms with Gasteiger partial charge in [-0.2, -0.15) is 11.3 Å². The van der Waals surface area contributed by atoms with Gasteiger partial charge in [-0.15, -0.1) is 0 Å². The molecule has 0 aliphatic rings. The van der Waals surface area contributed by atoms with E-state index < -0.39 is 21.4 Å². The number of hydrogen-bond acceptors (Lipinski definition) is 5. The molecule has 0 aliphatic carbocycles. The van der Waals surface area contributed by atoms with Gasteiger partial charge >= 0.3 is 0 Å². The summed E-state index contributed by atoms with van der Waals surface area (Å²) in [4.78, 5) is -0.213. The van der Waals surface area contributed by atoms with Crippen LogP contribution in [0.2, 0.25) is 0 Å². The highest BCUT2D eigenvalue weighted by Crippen LogP contribution is 2.21. The third-order valence-corrected chi connectivity index (χ3v) is 5.45. The smallest absolute Gasteiger partial charge is 0.240 e. The van der Waals surface area contributed by atoms with Crippen LogP contribution in [0.4, 0.5) is 4.39 Å². The first-order chi connectivity index (χ1) is 11.2. The fraction of sp³-hybridized carbons (Fsp3) is 0.375. The number of rotatable bonds is 8. The Kier molecular flexibility index (Phi) is 5.97. The Morgan fingerprint density at radius 1 is 1.38 bits per heavy atom. The SMILES string of the molecule is CCOc1ccc(S(=O)(=O)NCC(C)(O)Cc2ccsc2)cc1F. The number of aliphatic hydroxyl groups is 1. The second kappa shape index (κ2) is 7.60. The van der Waals surface area contributed by atoms with Crippen molar-refractivity contribution in [2.24, 2.45) is 0 Å². The van der Waals surface area contributed by atoms with Gasteiger partial charge in [0.15, 0.2) is 11.6 Å². The van der Waals surface area contributed by atoms with Crippen LogP contribution < -0.4 is 9.46 Å². The molecule has 0 saturated carbocycles. The third-order valence-electron chi connectivity index (χ3n) is 3.32. The molecule has 1 unspecified atom stereocenters. The third kappa shape index (κ3) is 5.01. The van der Waals surface area contributed by atoms with E-state index in [1.165, 1.54) is 23.5 Å². The summed E-state index contributed by atoms with van der Waals surface area (Å²) in [5, 5.41) is 14.1. The predicted molar refractivity (Wildman–Crippen MR) is 91.4 cm³/mol.